The summed E-state index contributed by atoms with van der Waals surface area (Å²) in [6.07, 6.45) is 20.4. The number of alkyl halides is 1. The number of nitrogens with one attached hydrogen (secondary N) is 1. The van der Waals surface area contributed by atoms with Gasteiger partial charge in [-0.2, -0.15) is 0 Å². The van der Waals surface area contributed by atoms with Gasteiger partial charge in [-0.1, -0.05) is 58.9 Å². The normalized spacial score (nSPS) is 49.8. The van der Waals surface area contributed by atoms with E-state index in [-0.39, 0.29) is 33.6 Å². The minimum absolute atomic E-state index is 0.0167. The van der Waals surface area contributed by atoms with Crippen LogP contribution < -0.4 is 5.32 Å². The van der Waals surface area contributed by atoms with Gasteiger partial charge in [-0.25, -0.2) is 4.39 Å². The van der Waals surface area contributed by atoms with E-state index >= 15 is 0 Å². The summed E-state index contributed by atoms with van der Waals surface area (Å²) in [4.78, 5) is 12.0. The number of fused-ring (bicyclic) bond motifs is 7. The van der Waals surface area contributed by atoms with Crippen molar-refractivity contribution >= 4 is 5.97 Å². The molecule has 52 heavy (non-hydrogen) atoms. The number of carboxylic acid groups (broad SMARTS) is 1. The van der Waals surface area contributed by atoms with Crippen LogP contribution in [0.25, 0.3) is 0 Å². The molecular weight excluding hydrogens is 650 g/mol. The van der Waals surface area contributed by atoms with Crippen LogP contribution in [0.15, 0.2) is 35.5 Å². The molecule has 0 amide bonds. The van der Waals surface area contributed by atoms with E-state index in [0.717, 1.165) is 19.4 Å². The van der Waals surface area contributed by atoms with Crippen molar-refractivity contribution in [2.75, 3.05) is 13.2 Å². The standard InChI is InChI=1S/C46H72FNO4/c1-30(2)32-13-20-46(48-28-27-45(52)24-21-40(5,51)22-25-45)26-23-42(7)34(37(32)46)9-10-36-41(6)16-14-33(39(3,4)35(41)15-17-43(36,42)8)31-11-18-44(29-47,19-12-31)38(49)50/h11,14,32,34-37,48,51-52H,1,9-10,12-13,15-29H2,2-8H3,(H,49,50)/t32-,34+,35-,36+,37+,40-,41-,42+,43+,44?,45+,46-/m0/s1. The third kappa shape index (κ3) is 5.70. The van der Waals surface area contributed by atoms with Crippen molar-refractivity contribution < 1.29 is 24.5 Å². The lowest BCUT2D eigenvalue weighted by Gasteiger charge is -2.72. The first-order chi connectivity index (χ1) is 24.2. The second-order valence-corrected chi connectivity index (χ2v) is 21.4. The Labute approximate surface area is 314 Å². The second kappa shape index (κ2) is 12.8. The van der Waals surface area contributed by atoms with Crippen LogP contribution in [0, 0.1) is 56.7 Å². The molecule has 10 atom stereocenters. The van der Waals surface area contributed by atoms with Crippen molar-refractivity contribution in [3.8, 4) is 0 Å². The number of carbonyl (C=O) groups is 1. The summed E-state index contributed by atoms with van der Waals surface area (Å²) in [6.45, 7) is 21.8. The topological polar surface area (TPSA) is 89.8 Å². The molecule has 0 radical (unpaired) electrons. The molecule has 0 aromatic heterocycles. The molecule has 4 N–H and O–H groups in total. The maximum Gasteiger partial charge on any atom is 0.312 e. The average molecular weight is 722 g/mol. The van der Waals surface area contributed by atoms with Crippen LogP contribution in [-0.2, 0) is 4.79 Å². The Morgan fingerprint density at radius 1 is 0.846 bits per heavy atom. The summed E-state index contributed by atoms with van der Waals surface area (Å²) in [5.74, 6) is 1.96. The molecule has 0 bridgehead atoms. The van der Waals surface area contributed by atoms with Gasteiger partial charge in [-0.3, -0.25) is 4.79 Å². The second-order valence-electron chi connectivity index (χ2n) is 21.4. The van der Waals surface area contributed by atoms with Crippen LogP contribution in [0.2, 0.25) is 0 Å². The van der Waals surface area contributed by atoms with Gasteiger partial charge in [-0.05, 0) is 192 Å². The van der Waals surface area contributed by atoms with Crippen molar-refractivity contribution in [1.29, 1.82) is 0 Å². The predicted molar refractivity (Wildman–Crippen MR) is 207 cm³/mol. The molecule has 6 heteroatoms. The van der Waals surface area contributed by atoms with E-state index in [4.69, 9.17) is 0 Å². The molecule has 0 aliphatic heterocycles. The Morgan fingerprint density at radius 3 is 2.17 bits per heavy atom. The Morgan fingerprint density at radius 2 is 1.56 bits per heavy atom. The van der Waals surface area contributed by atoms with Crippen LogP contribution in [0.3, 0.4) is 0 Å². The van der Waals surface area contributed by atoms with Crippen molar-refractivity contribution in [2.45, 2.75) is 174 Å². The Kier molecular flexibility index (Phi) is 9.52. The van der Waals surface area contributed by atoms with E-state index in [1.165, 1.54) is 68.1 Å². The molecule has 292 valence electrons. The lowest BCUT2D eigenvalue weighted by molar-refractivity contribution is -0.221. The van der Waals surface area contributed by atoms with Gasteiger partial charge in [-0.15, -0.1) is 0 Å². The molecule has 0 aromatic carbocycles. The van der Waals surface area contributed by atoms with E-state index in [2.05, 4.69) is 65.6 Å². The van der Waals surface area contributed by atoms with Crippen molar-refractivity contribution in [1.82, 2.24) is 5.32 Å². The van der Waals surface area contributed by atoms with Crippen LogP contribution in [0.4, 0.5) is 4.39 Å². The summed E-state index contributed by atoms with van der Waals surface area (Å²) in [5, 5.41) is 36.0. The summed E-state index contributed by atoms with van der Waals surface area (Å²) < 4.78 is 14.0. The molecule has 5 saturated carbocycles. The fourth-order valence-corrected chi connectivity index (χ4v) is 15.2. The van der Waals surface area contributed by atoms with Gasteiger partial charge in [0.2, 0.25) is 0 Å². The third-order valence-corrected chi connectivity index (χ3v) is 18.6. The monoisotopic (exact) mass is 722 g/mol. The summed E-state index contributed by atoms with van der Waals surface area (Å²) in [7, 11) is 0. The van der Waals surface area contributed by atoms with Crippen molar-refractivity contribution in [2.24, 2.45) is 56.7 Å². The average Bonchev–Trinajstić information content (AvgIpc) is 3.46. The molecule has 0 saturated heterocycles. The van der Waals surface area contributed by atoms with Gasteiger partial charge in [0.15, 0.2) is 0 Å². The van der Waals surface area contributed by atoms with Gasteiger partial charge in [0.25, 0.3) is 0 Å². The maximum atomic E-state index is 14.0. The first-order valence-electron chi connectivity index (χ1n) is 21.3. The zero-order valence-corrected chi connectivity index (χ0v) is 33.8. The molecule has 0 spiro atoms. The molecule has 0 aromatic rings. The highest BCUT2D eigenvalue weighted by Crippen LogP contribution is 2.76. The van der Waals surface area contributed by atoms with Gasteiger partial charge in [0.1, 0.15) is 6.67 Å². The molecule has 7 rings (SSSR count). The Balaban J connectivity index is 1.13. The summed E-state index contributed by atoms with van der Waals surface area (Å²) >= 11 is 0. The highest BCUT2D eigenvalue weighted by Gasteiger charge is 2.70. The SMILES string of the molecule is C=C(C)[C@@H]1CC[C@]2(NCC[C@]3(O)CC[C@@](C)(O)CC3)CC[C@]3(C)[C@H](CC[C@@H]4[C@@]5(C)CC=C(C6=CCC(CF)(C(=O)O)CC6)C(C)(C)[C@@H]5CC[C@]43C)[C@@H]12. The molecular formula is C46H72FNO4. The highest BCUT2D eigenvalue weighted by molar-refractivity contribution is 5.75. The van der Waals surface area contributed by atoms with Gasteiger partial charge in [0.05, 0.1) is 16.6 Å². The zero-order chi connectivity index (χ0) is 37.8. The van der Waals surface area contributed by atoms with E-state index in [0.29, 0.717) is 68.1 Å². The third-order valence-electron chi connectivity index (χ3n) is 18.6. The van der Waals surface area contributed by atoms with Gasteiger partial charge < -0.3 is 20.6 Å². The first-order valence-corrected chi connectivity index (χ1v) is 21.3. The Bertz CT molecular complexity index is 1500. The molecule has 5 nitrogen and oxygen atoms in total. The number of aliphatic hydroxyl groups is 2. The smallest absolute Gasteiger partial charge is 0.312 e. The number of allylic oxidation sites excluding steroid dienone is 5. The van der Waals surface area contributed by atoms with Crippen LogP contribution >= 0.6 is 0 Å². The molecule has 7 aliphatic carbocycles. The van der Waals surface area contributed by atoms with E-state index in [9.17, 15) is 24.5 Å². The van der Waals surface area contributed by atoms with Crippen molar-refractivity contribution in [3.63, 3.8) is 0 Å². The minimum atomic E-state index is -1.26. The molecule has 0 heterocycles. The van der Waals surface area contributed by atoms with Crippen LogP contribution in [-0.4, -0.2) is 51.2 Å². The number of rotatable bonds is 8. The molecule has 5 fully saturated rings. The first kappa shape index (κ1) is 38.8. The number of hydrogen-bond acceptors (Lipinski definition) is 4. The van der Waals surface area contributed by atoms with Crippen LogP contribution in [0.1, 0.15) is 158 Å². The maximum absolute atomic E-state index is 14.0. The molecule has 7 aliphatic rings. The summed E-state index contributed by atoms with van der Waals surface area (Å²) in [6, 6.07) is 0. The van der Waals surface area contributed by atoms with Gasteiger partial charge >= 0.3 is 5.97 Å². The number of halogens is 1. The zero-order valence-electron chi connectivity index (χ0n) is 33.8. The highest BCUT2D eigenvalue weighted by atomic mass is 19.1. The van der Waals surface area contributed by atoms with Gasteiger partial charge in [0, 0.05) is 5.54 Å². The predicted octanol–water partition coefficient (Wildman–Crippen LogP) is 10.1. The number of aliphatic carboxylic acids is 1. The lowest BCUT2D eigenvalue weighted by Crippen LogP contribution is -2.68. The largest absolute Gasteiger partial charge is 0.481 e. The van der Waals surface area contributed by atoms with E-state index in [1.807, 2.05) is 6.92 Å². The fourth-order valence-electron chi connectivity index (χ4n) is 15.2. The molecule has 1 unspecified atom stereocenters. The number of carboxylic acids is 1. The van der Waals surface area contributed by atoms with Crippen LogP contribution in [0.5, 0.6) is 0 Å². The minimum Gasteiger partial charge on any atom is -0.481 e. The Hall–Kier alpha value is -1.50. The van der Waals surface area contributed by atoms with E-state index < -0.39 is 29.3 Å². The number of hydrogen-bond donors (Lipinski definition) is 4. The fraction of sp³-hybridized carbons (Fsp3) is 0.848. The van der Waals surface area contributed by atoms with E-state index in [1.54, 1.807) is 0 Å². The summed E-state index contributed by atoms with van der Waals surface area (Å²) in [5.41, 5.74) is 2.23. The lowest BCUT2D eigenvalue weighted by atomic mass is 9.33. The van der Waals surface area contributed by atoms with Crippen molar-refractivity contribution in [3.05, 3.63) is 35.5 Å². The quantitative estimate of drug-likeness (QED) is 0.187.